The summed E-state index contributed by atoms with van der Waals surface area (Å²) in [5.74, 6) is 5.39. The van der Waals surface area contributed by atoms with E-state index in [0.717, 1.165) is 5.56 Å². The molecule has 0 saturated heterocycles. The topological polar surface area (TPSA) is 53.7 Å². The molecule has 17 heavy (non-hydrogen) atoms. The Bertz CT molecular complexity index is 407. The molecule has 2 N–H and O–H groups in total. The minimum absolute atomic E-state index is 0.246. The second-order valence-electron chi connectivity index (χ2n) is 3.73. The second-order valence-corrected chi connectivity index (χ2v) is 3.73. The van der Waals surface area contributed by atoms with Gasteiger partial charge in [0.1, 0.15) is 5.75 Å². The van der Waals surface area contributed by atoms with Crippen LogP contribution in [0.25, 0.3) is 0 Å². The molecule has 4 nitrogen and oxygen atoms in total. The van der Waals surface area contributed by atoms with E-state index in [1.807, 2.05) is 0 Å². The number of methoxy groups -OCH3 is 2. The van der Waals surface area contributed by atoms with E-state index in [1.54, 1.807) is 13.8 Å². The van der Waals surface area contributed by atoms with Crippen LogP contribution >= 0.6 is 0 Å². The van der Waals surface area contributed by atoms with Crippen LogP contribution in [0.2, 0.25) is 0 Å². The lowest BCUT2D eigenvalue weighted by Gasteiger charge is -2.18. The zero-order valence-electron chi connectivity index (χ0n) is 10.6. The summed E-state index contributed by atoms with van der Waals surface area (Å²) >= 11 is 0. The molecule has 0 radical (unpaired) electrons. The molecule has 5 heteroatoms. The minimum atomic E-state index is -0.390. The van der Waals surface area contributed by atoms with E-state index in [4.69, 9.17) is 15.4 Å². The lowest BCUT2D eigenvalue weighted by Crippen LogP contribution is -2.09. The maximum atomic E-state index is 14.0. The number of rotatable bonds is 5. The highest BCUT2D eigenvalue weighted by molar-refractivity contribution is 5.54. The molecule has 0 amide bonds. The number of benzene rings is 1. The van der Waals surface area contributed by atoms with Crippen molar-refractivity contribution in [3.05, 3.63) is 22.5 Å². The number of hydrogen-bond acceptors (Lipinski definition) is 4. The first-order valence-electron chi connectivity index (χ1n) is 5.29. The Morgan fingerprint density at radius 1 is 1.06 bits per heavy atom. The van der Waals surface area contributed by atoms with E-state index in [-0.39, 0.29) is 11.6 Å². The van der Waals surface area contributed by atoms with Crippen molar-refractivity contribution in [2.45, 2.75) is 20.3 Å². The van der Waals surface area contributed by atoms with Crippen LogP contribution in [0.3, 0.4) is 0 Å². The van der Waals surface area contributed by atoms with Gasteiger partial charge in [-0.3, -0.25) is 0 Å². The SMILES string of the molecule is COc1c(C)c(CCON)c(OC)c(C)c1F. The average molecular weight is 243 g/mol. The van der Waals surface area contributed by atoms with E-state index in [2.05, 4.69) is 4.84 Å². The quantitative estimate of drug-likeness (QED) is 0.802. The van der Waals surface area contributed by atoms with Crippen LogP contribution in [-0.4, -0.2) is 20.8 Å². The van der Waals surface area contributed by atoms with Gasteiger partial charge in [0.05, 0.1) is 20.8 Å². The van der Waals surface area contributed by atoms with Gasteiger partial charge in [-0.2, -0.15) is 0 Å². The molecule has 96 valence electrons. The highest BCUT2D eigenvalue weighted by Gasteiger charge is 2.20. The smallest absolute Gasteiger partial charge is 0.171 e. The first-order valence-corrected chi connectivity index (χ1v) is 5.29. The van der Waals surface area contributed by atoms with Crippen molar-refractivity contribution in [2.24, 2.45) is 5.90 Å². The van der Waals surface area contributed by atoms with Crippen LogP contribution in [0.4, 0.5) is 4.39 Å². The Morgan fingerprint density at radius 3 is 2.12 bits per heavy atom. The van der Waals surface area contributed by atoms with Crippen molar-refractivity contribution < 1.29 is 18.7 Å². The van der Waals surface area contributed by atoms with Crippen LogP contribution in [0.1, 0.15) is 16.7 Å². The largest absolute Gasteiger partial charge is 0.496 e. The summed E-state index contributed by atoms with van der Waals surface area (Å²) in [5.41, 5.74) is 2.00. The lowest BCUT2D eigenvalue weighted by atomic mass is 9.99. The van der Waals surface area contributed by atoms with Gasteiger partial charge in [0.25, 0.3) is 0 Å². The lowest BCUT2D eigenvalue weighted by molar-refractivity contribution is 0.140. The van der Waals surface area contributed by atoms with Gasteiger partial charge in [-0.05, 0) is 13.8 Å². The van der Waals surface area contributed by atoms with Gasteiger partial charge in [-0.25, -0.2) is 10.3 Å². The first kappa shape index (κ1) is 13.7. The fourth-order valence-corrected chi connectivity index (χ4v) is 1.95. The van der Waals surface area contributed by atoms with E-state index < -0.39 is 0 Å². The molecule has 0 aromatic heterocycles. The molecular formula is C12H18FNO3. The van der Waals surface area contributed by atoms with Gasteiger partial charge in [-0.1, -0.05) is 0 Å². The molecule has 1 aromatic rings. The fraction of sp³-hybridized carbons (Fsp3) is 0.500. The van der Waals surface area contributed by atoms with Crippen molar-refractivity contribution in [3.63, 3.8) is 0 Å². The average Bonchev–Trinajstić information content (AvgIpc) is 2.33. The Kier molecular flexibility index (Phi) is 4.72. The summed E-state index contributed by atoms with van der Waals surface area (Å²) in [6, 6.07) is 0. The standard InChI is InChI=1S/C12H18FNO3/c1-7-9(5-6-17-14)11(15-3)8(2)10(13)12(7)16-4/h5-6,14H2,1-4H3. The maximum absolute atomic E-state index is 14.0. The zero-order chi connectivity index (χ0) is 13.0. The minimum Gasteiger partial charge on any atom is -0.496 e. The zero-order valence-corrected chi connectivity index (χ0v) is 10.6. The summed E-state index contributed by atoms with van der Waals surface area (Å²) < 4.78 is 24.3. The molecule has 0 fully saturated rings. The molecule has 0 aliphatic rings. The van der Waals surface area contributed by atoms with Crippen molar-refractivity contribution in [2.75, 3.05) is 20.8 Å². The first-order chi connectivity index (χ1) is 8.08. The van der Waals surface area contributed by atoms with Crippen LogP contribution in [0, 0.1) is 19.7 Å². The van der Waals surface area contributed by atoms with E-state index >= 15 is 0 Å². The summed E-state index contributed by atoms with van der Waals surface area (Å²) in [6.07, 6.45) is 0.545. The Hall–Kier alpha value is -1.33. The Balaban J connectivity index is 3.38. The van der Waals surface area contributed by atoms with Crippen molar-refractivity contribution in [1.82, 2.24) is 0 Å². The number of hydrogen-bond donors (Lipinski definition) is 1. The van der Waals surface area contributed by atoms with Crippen LogP contribution < -0.4 is 15.4 Å². The number of ether oxygens (including phenoxy) is 2. The third kappa shape index (κ3) is 2.50. The molecule has 0 aliphatic carbocycles. The van der Waals surface area contributed by atoms with Crippen molar-refractivity contribution in [3.8, 4) is 11.5 Å². The molecule has 0 bridgehead atoms. The summed E-state index contributed by atoms with van der Waals surface area (Å²) in [5, 5.41) is 0. The van der Waals surface area contributed by atoms with Crippen LogP contribution in [0.5, 0.6) is 11.5 Å². The van der Waals surface area contributed by atoms with Gasteiger partial charge < -0.3 is 14.3 Å². The van der Waals surface area contributed by atoms with E-state index in [9.17, 15) is 4.39 Å². The molecule has 1 aromatic carbocycles. The Morgan fingerprint density at radius 2 is 1.65 bits per heavy atom. The third-order valence-electron chi connectivity index (χ3n) is 2.81. The molecule has 0 heterocycles. The van der Waals surface area contributed by atoms with E-state index in [1.165, 1.54) is 14.2 Å². The van der Waals surface area contributed by atoms with Gasteiger partial charge in [0.15, 0.2) is 11.6 Å². The second kappa shape index (κ2) is 5.84. The van der Waals surface area contributed by atoms with Gasteiger partial charge in [0, 0.05) is 23.1 Å². The van der Waals surface area contributed by atoms with E-state index in [0.29, 0.717) is 29.9 Å². The molecular weight excluding hydrogens is 225 g/mol. The normalized spacial score (nSPS) is 10.5. The van der Waals surface area contributed by atoms with Gasteiger partial charge in [0.2, 0.25) is 0 Å². The van der Waals surface area contributed by atoms with Gasteiger partial charge in [-0.15, -0.1) is 0 Å². The van der Waals surface area contributed by atoms with Crippen molar-refractivity contribution in [1.29, 1.82) is 0 Å². The molecule has 1 rings (SSSR count). The maximum Gasteiger partial charge on any atom is 0.171 e. The molecule has 0 spiro atoms. The van der Waals surface area contributed by atoms with Crippen LogP contribution in [0.15, 0.2) is 0 Å². The van der Waals surface area contributed by atoms with Gasteiger partial charge >= 0.3 is 0 Å². The molecule has 0 aliphatic heterocycles. The van der Waals surface area contributed by atoms with Crippen molar-refractivity contribution >= 4 is 0 Å². The summed E-state index contributed by atoms with van der Waals surface area (Å²) in [6.45, 7) is 3.78. The summed E-state index contributed by atoms with van der Waals surface area (Å²) in [7, 11) is 2.96. The fourth-order valence-electron chi connectivity index (χ4n) is 1.95. The molecule has 0 unspecified atom stereocenters. The van der Waals surface area contributed by atoms with Crippen LogP contribution in [-0.2, 0) is 11.3 Å². The Labute approximate surface area is 100 Å². The highest BCUT2D eigenvalue weighted by atomic mass is 19.1. The molecule has 0 saturated carbocycles. The number of nitrogens with two attached hydrogens (primary N) is 1. The highest BCUT2D eigenvalue weighted by Crippen LogP contribution is 2.36. The predicted octanol–water partition coefficient (Wildman–Crippen LogP) is 1.89. The summed E-state index contributed by atoms with van der Waals surface area (Å²) in [4.78, 5) is 4.55. The predicted molar refractivity (Wildman–Crippen MR) is 62.8 cm³/mol. The number of halogens is 1. The molecule has 0 atom stereocenters. The monoisotopic (exact) mass is 243 g/mol. The third-order valence-corrected chi connectivity index (χ3v) is 2.81.